The van der Waals surface area contributed by atoms with E-state index < -0.39 is 11.7 Å². The summed E-state index contributed by atoms with van der Waals surface area (Å²) in [4.78, 5) is 6.31. The fourth-order valence-corrected chi connectivity index (χ4v) is 3.03. The van der Waals surface area contributed by atoms with E-state index in [1.165, 1.54) is 6.07 Å². The normalized spacial score (nSPS) is 21.0. The Labute approximate surface area is 120 Å². The second-order valence-electron chi connectivity index (χ2n) is 5.60. The van der Waals surface area contributed by atoms with E-state index in [4.69, 9.17) is 5.73 Å². The zero-order valence-electron chi connectivity index (χ0n) is 11.7. The van der Waals surface area contributed by atoms with E-state index in [0.29, 0.717) is 11.0 Å². The topological polar surface area (TPSA) is 47.1 Å². The van der Waals surface area contributed by atoms with E-state index in [1.54, 1.807) is 0 Å². The Morgan fingerprint density at radius 3 is 2.76 bits per heavy atom. The molecule has 0 aliphatic carbocycles. The fraction of sp³-hybridized carbons (Fsp3) is 0.500. The summed E-state index contributed by atoms with van der Waals surface area (Å²) in [7, 11) is 2.03. The maximum Gasteiger partial charge on any atom is 0.416 e. The lowest BCUT2D eigenvalue weighted by atomic mass is 10.1. The van der Waals surface area contributed by atoms with Gasteiger partial charge in [0.05, 0.1) is 16.6 Å². The third-order valence-electron chi connectivity index (χ3n) is 4.01. The second-order valence-corrected chi connectivity index (χ2v) is 5.60. The monoisotopic (exact) mass is 298 g/mol. The van der Waals surface area contributed by atoms with Crippen LogP contribution in [0.25, 0.3) is 11.0 Å². The molecule has 4 nitrogen and oxygen atoms in total. The van der Waals surface area contributed by atoms with Crippen molar-refractivity contribution in [2.75, 3.05) is 25.9 Å². The lowest BCUT2D eigenvalue weighted by Gasteiger charge is -2.31. The first kappa shape index (κ1) is 14.2. The molecular formula is C14H17F3N4. The molecule has 2 heterocycles. The average Bonchev–Trinajstić information content (AvgIpc) is 2.72. The van der Waals surface area contributed by atoms with Crippen molar-refractivity contribution >= 4 is 17.0 Å². The number of piperidine rings is 1. The molecular weight excluding hydrogens is 281 g/mol. The minimum absolute atomic E-state index is 0.158. The van der Waals surface area contributed by atoms with Gasteiger partial charge in [-0.15, -0.1) is 0 Å². The van der Waals surface area contributed by atoms with Crippen molar-refractivity contribution in [3.63, 3.8) is 0 Å². The third kappa shape index (κ3) is 2.57. The van der Waals surface area contributed by atoms with Crippen molar-refractivity contribution < 1.29 is 13.2 Å². The van der Waals surface area contributed by atoms with E-state index in [0.717, 1.165) is 38.1 Å². The average molecular weight is 298 g/mol. The van der Waals surface area contributed by atoms with E-state index in [2.05, 4.69) is 9.88 Å². The van der Waals surface area contributed by atoms with E-state index in [9.17, 15) is 13.2 Å². The lowest BCUT2D eigenvalue weighted by molar-refractivity contribution is -0.137. The van der Waals surface area contributed by atoms with E-state index in [-0.39, 0.29) is 12.0 Å². The summed E-state index contributed by atoms with van der Waals surface area (Å²) < 4.78 is 40.1. The van der Waals surface area contributed by atoms with Gasteiger partial charge >= 0.3 is 6.18 Å². The molecule has 2 N–H and O–H groups in total. The van der Waals surface area contributed by atoms with E-state index in [1.807, 2.05) is 11.6 Å². The number of aromatic nitrogens is 2. The molecule has 7 heteroatoms. The summed E-state index contributed by atoms with van der Waals surface area (Å²) in [6.45, 7) is 1.86. The smallest absolute Gasteiger partial charge is 0.369 e. The number of hydrogen-bond acceptors (Lipinski definition) is 3. The minimum Gasteiger partial charge on any atom is -0.369 e. The number of likely N-dealkylation sites (tertiary alicyclic amines) is 1. The summed E-state index contributed by atoms with van der Waals surface area (Å²) in [6, 6.07) is 3.78. The number of nitrogen functional groups attached to an aromatic ring is 1. The molecule has 1 atom stereocenters. The Bertz CT molecular complexity index is 662. The predicted molar refractivity (Wildman–Crippen MR) is 74.9 cm³/mol. The van der Waals surface area contributed by atoms with Gasteiger partial charge in [0.2, 0.25) is 5.95 Å². The van der Waals surface area contributed by atoms with Gasteiger partial charge in [-0.1, -0.05) is 0 Å². The van der Waals surface area contributed by atoms with Gasteiger partial charge in [0.25, 0.3) is 0 Å². The molecule has 3 rings (SSSR count). The number of likely N-dealkylation sites (N-methyl/N-ethyl adjacent to an activating group) is 1. The Kier molecular flexibility index (Phi) is 3.32. The standard InChI is InChI=1S/C14H17F3N4/c1-20-6-2-3-10(8-20)21-12-5-4-9(14(15,16)17)7-11(12)19-13(21)18/h4-5,7,10H,2-3,6,8H2,1H3,(H2,18,19). The largest absolute Gasteiger partial charge is 0.416 e. The van der Waals surface area contributed by atoms with Crippen molar-refractivity contribution in [1.82, 2.24) is 14.5 Å². The number of nitrogens with zero attached hydrogens (tertiary/aromatic N) is 3. The maximum absolute atomic E-state index is 12.8. The zero-order chi connectivity index (χ0) is 15.2. The van der Waals surface area contributed by atoms with Crippen LogP contribution in [0.15, 0.2) is 18.2 Å². The van der Waals surface area contributed by atoms with Crippen LogP contribution < -0.4 is 5.73 Å². The molecule has 0 saturated carbocycles. The van der Waals surface area contributed by atoms with Gasteiger partial charge in [-0.05, 0) is 44.6 Å². The summed E-state index contributed by atoms with van der Waals surface area (Å²) in [5, 5.41) is 0. The lowest BCUT2D eigenvalue weighted by Crippen LogP contribution is -2.33. The molecule has 1 fully saturated rings. The summed E-state index contributed by atoms with van der Waals surface area (Å²) in [5.41, 5.74) is 6.22. The number of rotatable bonds is 1. The number of hydrogen-bond donors (Lipinski definition) is 1. The summed E-state index contributed by atoms with van der Waals surface area (Å²) in [5.74, 6) is 0.282. The van der Waals surface area contributed by atoms with Crippen LogP contribution in [0.4, 0.5) is 19.1 Å². The van der Waals surface area contributed by atoms with Crippen LogP contribution in [-0.2, 0) is 6.18 Å². The molecule has 0 spiro atoms. The number of halogens is 3. The number of fused-ring (bicyclic) bond motifs is 1. The summed E-state index contributed by atoms with van der Waals surface area (Å²) >= 11 is 0. The summed E-state index contributed by atoms with van der Waals surface area (Å²) in [6.07, 6.45) is -2.36. The van der Waals surface area contributed by atoms with Gasteiger partial charge in [-0.25, -0.2) is 4.98 Å². The Morgan fingerprint density at radius 1 is 1.33 bits per heavy atom. The van der Waals surface area contributed by atoms with Crippen LogP contribution in [0.2, 0.25) is 0 Å². The second kappa shape index (κ2) is 4.91. The van der Waals surface area contributed by atoms with Crippen molar-refractivity contribution in [3.05, 3.63) is 23.8 Å². The molecule has 1 aromatic heterocycles. The van der Waals surface area contributed by atoms with Gasteiger partial charge in [0.15, 0.2) is 0 Å². The number of benzene rings is 1. The maximum atomic E-state index is 12.8. The molecule has 1 aliphatic heterocycles. The van der Waals surface area contributed by atoms with Crippen LogP contribution in [0.5, 0.6) is 0 Å². The molecule has 0 bridgehead atoms. The molecule has 1 saturated heterocycles. The minimum atomic E-state index is -4.36. The first-order chi connectivity index (χ1) is 9.86. The number of anilines is 1. The van der Waals surface area contributed by atoms with Crippen molar-refractivity contribution in [1.29, 1.82) is 0 Å². The van der Waals surface area contributed by atoms with Gasteiger partial charge in [-0.2, -0.15) is 13.2 Å². The van der Waals surface area contributed by atoms with Crippen molar-refractivity contribution in [2.45, 2.75) is 25.1 Å². The van der Waals surface area contributed by atoms with Crippen LogP contribution in [-0.4, -0.2) is 34.6 Å². The number of imidazole rings is 1. The van der Waals surface area contributed by atoms with Gasteiger partial charge in [0.1, 0.15) is 0 Å². The predicted octanol–water partition coefficient (Wildman–Crippen LogP) is 2.90. The first-order valence-electron chi connectivity index (χ1n) is 6.89. The molecule has 21 heavy (non-hydrogen) atoms. The number of nitrogens with two attached hydrogens (primary N) is 1. The van der Waals surface area contributed by atoms with Crippen LogP contribution in [0, 0.1) is 0 Å². The van der Waals surface area contributed by atoms with Crippen molar-refractivity contribution in [2.24, 2.45) is 0 Å². The van der Waals surface area contributed by atoms with Crippen molar-refractivity contribution in [3.8, 4) is 0 Å². The van der Waals surface area contributed by atoms with Crippen LogP contribution in [0.1, 0.15) is 24.4 Å². The fourth-order valence-electron chi connectivity index (χ4n) is 3.03. The molecule has 1 aliphatic rings. The quantitative estimate of drug-likeness (QED) is 0.880. The molecule has 1 aromatic carbocycles. The Balaban J connectivity index is 2.05. The first-order valence-corrected chi connectivity index (χ1v) is 6.89. The highest BCUT2D eigenvalue weighted by molar-refractivity contribution is 5.79. The highest BCUT2D eigenvalue weighted by atomic mass is 19.4. The molecule has 1 unspecified atom stereocenters. The van der Waals surface area contributed by atoms with Crippen LogP contribution >= 0.6 is 0 Å². The molecule has 2 aromatic rings. The van der Waals surface area contributed by atoms with Gasteiger partial charge in [-0.3, -0.25) is 0 Å². The van der Waals surface area contributed by atoms with E-state index >= 15 is 0 Å². The Morgan fingerprint density at radius 2 is 2.10 bits per heavy atom. The SMILES string of the molecule is CN1CCCC(n2c(N)nc3cc(C(F)(F)F)ccc32)C1. The van der Waals surface area contributed by atoms with Gasteiger partial charge < -0.3 is 15.2 Å². The third-order valence-corrected chi connectivity index (χ3v) is 4.01. The molecule has 114 valence electrons. The highest BCUT2D eigenvalue weighted by Crippen LogP contribution is 2.34. The molecule has 0 radical (unpaired) electrons. The van der Waals surface area contributed by atoms with Crippen LogP contribution in [0.3, 0.4) is 0 Å². The zero-order valence-corrected chi connectivity index (χ0v) is 11.7. The number of alkyl halides is 3. The Hall–Kier alpha value is -1.76. The molecule has 0 amide bonds. The highest BCUT2D eigenvalue weighted by Gasteiger charge is 2.31. The van der Waals surface area contributed by atoms with Gasteiger partial charge in [0, 0.05) is 12.6 Å².